The summed E-state index contributed by atoms with van der Waals surface area (Å²) in [4.78, 5) is 18.8. The third-order valence-electron chi connectivity index (χ3n) is 2.10. The Labute approximate surface area is 107 Å². The molecule has 0 unspecified atom stereocenters. The van der Waals surface area contributed by atoms with Crippen molar-refractivity contribution in [2.24, 2.45) is 5.73 Å². The first-order chi connectivity index (χ1) is 8.19. The smallest absolute Gasteiger partial charge is 0.251 e. The Hall–Kier alpha value is -1.30. The van der Waals surface area contributed by atoms with E-state index in [1.165, 1.54) is 24.0 Å². The van der Waals surface area contributed by atoms with Gasteiger partial charge in [-0.05, 0) is 23.8 Å². The third kappa shape index (κ3) is 3.09. The molecule has 4 nitrogen and oxygen atoms in total. The fourth-order valence-electron chi connectivity index (χ4n) is 1.32. The van der Waals surface area contributed by atoms with E-state index in [-0.39, 0.29) is 5.56 Å². The van der Waals surface area contributed by atoms with Crippen molar-refractivity contribution in [1.82, 2.24) is 9.97 Å². The van der Waals surface area contributed by atoms with E-state index in [1.54, 1.807) is 6.07 Å². The average Bonchev–Trinajstić information content (AvgIpc) is 2.31. The summed E-state index contributed by atoms with van der Waals surface area (Å²) in [5, 5.41) is 1.18. The second-order valence-electron chi connectivity index (χ2n) is 3.30. The van der Waals surface area contributed by atoms with Gasteiger partial charge in [-0.25, -0.2) is 4.98 Å². The van der Waals surface area contributed by atoms with Crippen LogP contribution in [-0.4, -0.2) is 9.97 Å². The van der Waals surface area contributed by atoms with Gasteiger partial charge < -0.3 is 10.7 Å². The van der Waals surface area contributed by atoms with E-state index >= 15 is 0 Å². The molecule has 88 valence electrons. The number of aromatic amines is 1. The zero-order chi connectivity index (χ0) is 12.3. The van der Waals surface area contributed by atoms with Crippen molar-refractivity contribution < 1.29 is 0 Å². The summed E-state index contributed by atoms with van der Waals surface area (Å²) in [6, 6.07) is 6.83. The molecule has 2 aromatic rings. The van der Waals surface area contributed by atoms with Gasteiger partial charge in [-0.1, -0.05) is 23.4 Å². The summed E-state index contributed by atoms with van der Waals surface area (Å²) in [6.45, 7) is 0.389. The van der Waals surface area contributed by atoms with Crippen molar-refractivity contribution in [3.05, 3.63) is 51.4 Å². The highest BCUT2D eigenvalue weighted by Crippen LogP contribution is 2.29. The molecular formula is C11H10ClN3OS. The van der Waals surface area contributed by atoms with Crippen LogP contribution >= 0.6 is 23.4 Å². The quantitative estimate of drug-likeness (QED) is 0.835. The van der Waals surface area contributed by atoms with Crippen LogP contribution in [0.5, 0.6) is 0 Å². The van der Waals surface area contributed by atoms with E-state index in [4.69, 9.17) is 17.3 Å². The minimum Gasteiger partial charge on any atom is -0.326 e. The lowest BCUT2D eigenvalue weighted by molar-refractivity contribution is 0.933. The summed E-state index contributed by atoms with van der Waals surface area (Å²) in [6.07, 6.45) is 1.47. The minimum absolute atomic E-state index is 0.175. The van der Waals surface area contributed by atoms with Crippen molar-refractivity contribution in [3.63, 3.8) is 0 Å². The molecule has 1 aromatic carbocycles. The van der Waals surface area contributed by atoms with Crippen LogP contribution in [0.2, 0.25) is 5.02 Å². The van der Waals surface area contributed by atoms with Gasteiger partial charge in [0.25, 0.3) is 5.56 Å². The molecule has 2 rings (SSSR count). The van der Waals surface area contributed by atoms with Gasteiger partial charge in [0, 0.05) is 28.7 Å². The highest BCUT2D eigenvalue weighted by atomic mass is 35.5. The first-order valence-electron chi connectivity index (χ1n) is 4.91. The number of H-pyrrole nitrogens is 1. The summed E-state index contributed by atoms with van der Waals surface area (Å²) >= 11 is 7.24. The number of nitrogens with zero attached hydrogens (tertiary/aromatic N) is 1. The summed E-state index contributed by atoms with van der Waals surface area (Å²) in [5.74, 6) is 0. The minimum atomic E-state index is -0.175. The van der Waals surface area contributed by atoms with Crippen LogP contribution < -0.4 is 11.3 Å². The van der Waals surface area contributed by atoms with Crippen molar-refractivity contribution >= 4 is 23.4 Å². The second kappa shape index (κ2) is 5.35. The Morgan fingerprint density at radius 2 is 2.24 bits per heavy atom. The summed E-state index contributed by atoms with van der Waals surface area (Å²) < 4.78 is 0. The molecule has 0 bridgehead atoms. The predicted molar refractivity (Wildman–Crippen MR) is 68.3 cm³/mol. The molecule has 0 fully saturated rings. The van der Waals surface area contributed by atoms with Crippen molar-refractivity contribution in [2.45, 2.75) is 16.6 Å². The topological polar surface area (TPSA) is 71.8 Å². The van der Waals surface area contributed by atoms with Crippen molar-refractivity contribution in [3.8, 4) is 0 Å². The highest BCUT2D eigenvalue weighted by Gasteiger charge is 2.05. The largest absolute Gasteiger partial charge is 0.326 e. The Balaban J connectivity index is 2.33. The lowest BCUT2D eigenvalue weighted by Crippen LogP contribution is -2.05. The molecule has 0 spiro atoms. The average molecular weight is 268 g/mol. The predicted octanol–water partition coefficient (Wildman–Crippen LogP) is 2.03. The molecule has 3 N–H and O–H groups in total. The molecule has 0 aliphatic heterocycles. The van der Waals surface area contributed by atoms with Gasteiger partial charge in [0.2, 0.25) is 0 Å². The van der Waals surface area contributed by atoms with Gasteiger partial charge in [0.1, 0.15) is 0 Å². The monoisotopic (exact) mass is 267 g/mol. The number of hydrogen-bond donors (Lipinski definition) is 2. The van der Waals surface area contributed by atoms with Crippen LogP contribution in [0.15, 0.2) is 45.3 Å². The van der Waals surface area contributed by atoms with E-state index < -0.39 is 0 Å². The Morgan fingerprint density at radius 3 is 2.94 bits per heavy atom. The molecule has 1 heterocycles. The lowest BCUT2D eigenvalue weighted by Gasteiger charge is -2.06. The maximum atomic E-state index is 11.1. The number of halogens is 1. The van der Waals surface area contributed by atoms with Crippen LogP contribution in [0, 0.1) is 0 Å². The van der Waals surface area contributed by atoms with Crippen molar-refractivity contribution in [1.29, 1.82) is 0 Å². The molecule has 6 heteroatoms. The van der Waals surface area contributed by atoms with Crippen molar-refractivity contribution in [2.75, 3.05) is 0 Å². The molecule has 1 aromatic heterocycles. The molecule has 0 saturated heterocycles. The van der Waals surface area contributed by atoms with Gasteiger partial charge in [-0.2, -0.15) is 0 Å². The van der Waals surface area contributed by atoms with E-state index in [0.717, 1.165) is 10.5 Å². The maximum absolute atomic E-state index is 11.1. The number of nitrogens with one attached hydrogen (secondary N) is 1. The van der Waals surface area contributed by atoms with E-state index in [9.17, 15) is 4.79 Å². The Kier molecular flexibility index (Phi) is 3.83. The van der Waals surface area contributed by atoms with Crippen LogP contribution in [0.25, 0.3) is 0 Å². The number of hydrogen-bond acceptors (Lipinski definition) is 4. The number of nitrogens with two attached hydrogens (primary N) is 1. The van der Waals surface area contributed by atoms with Gasteiger partial charge in [-0.15, -0.1) is 0 Å². The fraction of sp³-hybridized carbons (Fsp3) is 0.0909. The molecule has 0 saturated carbocycles. The SMILES string of the molecule is NCc1cc(Cl)ccc1Sc1nccc(=O)[nH]1. The maximum Gasteiger partial charge on any atom is 0.251 e. The number of aromatic nitrogens is 2. The summed E-state index contributed by atoms with van der Waals surface area (Å²) in [5.41, 5.74) is 6.39. The van der Waals surface area contributed by atoms with E-state index in [2.05, 4.69) is 9.97 Å². The molecule has 17 heavy (non-hydrogen) atoms. The normalized spacial score (nSPS) is 10.5. The molecule has 0 aliphatic rings. The first-order valence-corrected chi connectivity index (χ1v) is 6.10. The lowest BCUT2D eigenvalue weighted by atomic mass is 10.2. The first kappa shape index (κ1) is 12.2. The zero-order valence-electron chi connectivity index (χ0n) is 8.81. The Morgan fingerprint density at radius 1 is 1.41 bits per heavy atom. The molecule has 0 amide bonds. The zero-order valence-corrected chi connectivity index (χ0v) is 10.4. The van der Waals surface area contributed by atoms with Crippen LogP contribution in [0.3, 0.4) is 0 Å². The van der Waals surface area contributed by atoms with Gasteiger partial charge in [-0.3, -0.25) is 4.79 Å². The number of rotatable bonds is 3. The van der Waals surface area contributed by atoms with Gasteiger partial charge >= 0.3 is 0 Å². The van der Waals surface area contributed by atoms with Crippen LogP contribution in [0.1, 0.15) is 5.56 Å². The molecule has 0 atom stereocenters. The third-order valence-corrected chi connectivity index (χ3v) is 3.35. The number of benzene rings is 1. The standard InChI is InChI=1S/C11H10ClN3OS/c12-8-1-2-9(7(5-8)6-13)17-11-14-4-3-10(16)15-11/h1-5H,6,13H2,(H,14,15,16). The molecule has 0 radical (unpaired) electrons. The van der Waals surface area contributed by atoms with Crippen LogP contribution in [-0.2, 0) is 6.54 Å². The Bertz CT molecular complexity index is 585. The van der Waals surface area contributed by atoms with E-state index in [0.29, 0.717) is 16.7 Å². The van der Waals surface area contributed by atoms with Gasteiger partial charge in [0.05, 0.1) is 0 Å². The highest BCUT2D eigenvalue weighted by molar-refractivity contribution is 7.99. The molecular weight excluding hydrogens is 258 g/mol. The second-order valence-corrected chi connectivity index (χ2v) is 4.76. The summed E-state index contributed by atoms with van der Waals surface area (Å²) in [7, 11) is 0. The van der Waals surface area contributed by atoms with E-state index in [1.807, 2.05) is 12.1 Å². The van der Waals surface area contributed by atoms with Gasteiger partial charge in [0.15, 0.2) is 5.16 Å². The van der Waals surface area contributed by atoms with Crippen LogP contribution in [0.4, 0.5) is 0 Å². The fourth-order valence-corrected chi connectivity index (χ4v) is 2.39. The molecule has 0 aliphatic carbocycles.